The Kier molecular flexibility index (Phi) is 2.67. The van der Waals surface area contributed by atoms with Crippen LogP contribution in [0, 0.1) is 17.8 Å². The predicted octanol–water partition coefficient (Wildman–Crippen LogP) is 3.40. The molecule has 4 atom stereocenters. The number of nitrogens with two attached hydrogens (primary N) is 1. The summed E-state index contributed by atoms with van der Waals surface area (Å²) in [5.74, 6) is 1.41. The third-order valence-corrected chi connectivity index (χ3v) is 5.32. The lowest BCUT2D eigenvalue weighted by atomic mass is 9.80. The maximum Gasteiger partial charge on any atom is 0.167 e. The molecule has 0 amide bonds. The molecule has 2 aromatic carbocycles. The van der Waals surface area contributed by atoms with E-state index < -0.39 is 0 Å². The number of carbonyl (C=O) groups excluding carboxylic acids is 1. The monoisotopic (exact) mass is 265 g/mol. The van der Waals surface area contributed by atoms with Crippen molar-refractivity contribution in [3.05, 3.63) is 48.0 Å². The maximum atomic E-state index is 12.8. The van der Waals surface area contributed by atoms with E-state index in [4.69, 9.17) is 5.73 Å². The van der Waals surface area contributed by atoms with Crippen molar-refractivity contribution >= 4 is 16.6 Å². The Morgan fingerprint density at radius 3 is 2.50 bits per heavy atom. The highest BCUT2D eigenvalue weighted by atomic mass is 16.1. The summed E-state index contributed by atoms with van der Waals surface area (Å²) in [4.78, 5) is 12.8. The summed E-state index contributed by atoms with van der Waals surface area (Å²) in [6, 6.07) is 14.3. The molecule has 0 radical (unpaired) electrons. The molecule has 0 aromatic heterocycles. The van der Waals surface area contributed by atoms with Gasteiger partial charge in [-0.25, -0.2) is 0 Å². The number of ketones is 1. The second kappa shape index (κ2) is 4.42. The molecular formula is C18H19NO. The topological polar surface area (TPSA) is 43.1 Å². The van der Waals surface area contributed by atoms with Gasteiger partial charge in [-0.2, -0.15) is 0 Å². The van der Waals surface area contributed by atoms with Gasteiger partial charge in [-0.1, -0.05) is 36.4 Å². The Morgan fingerprint density at radius 2 is 1.75 bits per heavy atom. The highest BCUT2D eigenvalue weighted by molar-refractivity contribution is 6.02. The smallest absolute Gasteiger partial charge is 0.167 e. The van der Waals surface area contributed by atoms with Crippen LogP contribution >= 0.6 is 0 Å². The van der Waals surface area contributed by atoms with Crippen molar-refractivity contribution in [2.45, 2.75) is 25.3 Å². The summed E-state index contributed by atoms with van der Waals surface area (Å²) in [7, 11) is 0. The minimum absolute atomic E-state index is 0.0508. The van der Waals surface area contributed by atoms with Crippen LogP contribution in [0.3, 0.4) is 0 Å². The summed E-state index contributed by atoms with van der Waals surface area (Å²) in [6.07, 6.45) is 3.56. The molecule has 4 rings (SSSR count). The normalized spacial score (nSPS) is 31.9. The van der Waals surface area contributed by atoms with E-state index in [1.54, 1.807) is 0 Å². The van der Waals surface area contributed by atoms with Gasteiger partial charge in [0.15, 0.2) is 5.78 Å². The summed E-state index contributed by atoms with van der Waals surface area (Å²) < 4.78 is 0. The molecule has 2 aromatic rings. The summed E-state index contributed by atoms with van der Waals surface area (Å²) >= 11 is 0. The molecule has 0 aliphatic heterocycles. The molecular weight excluding hydrogens is 246 g/mol. The molecule has 0 spiro atoms. The van der Waals surface area contributed by atoms with Gasteiger partial charge < -0.3 is 5.73 Å². The predicted molar refractivity (Wildman–Crippen MR) is 80.6 cm³/mol. The van der Waals surface area contributed by atoms with Crippen molar-refractivity contribution < 1.29 is 4.79 Å². The maximum absolute atomic E-state index is 12.8. The van der Waals surface area contributed by atoms with Gasteiger partial charge >= 0.3 is 0 Å². The van der Waals surface area contributed by atoms with Gasteiger partial charge in [0.25, 0.3) is 0 Å². The van der Waals surface area contributed by atoms with E-state index in [2.05, 4.69) is 12.1 Å². The summed E-state index contributed by atoms with van der Waals surface area (Å²) in [5.41, 5.74) is 7.12. The standard InChI is InChI=1S/C18H19NO/c19-17-14-7-6-13(10-14)16(17)18(20)15-8-5-11-3-1-2-4-12(11)9-15/h1-5,8-9,13-14,16-17H,6-7,10,19H2. The highest BCUT2D eigenvalue weighted by Gasteiger charge is 2.48. The molecule has 2 saturated carbocycles. The Bertz CT molecular complexity index is 676. The lowest BCUT2D eigenvalue weighted by molar-refractivity contribution is 0.0856. The Morgan fingerprint density at radius 1 is 1.00 bits per heavy atom. The molecule has 2 aliphatic rings. The molecule has 2 bridgehead atoms. The van der Waals surface area contributed by atoms with Crippen molar-refractivity contribution in [2.24, 2.45) is 23.5 Å². The molecule has 2 N–H and O–H groups in total. The first-order valence-corrected chi connectivity index (χ1v) is 7.52. The van der Waals surface area contributed by atoms with Crippen molar-refractivity contribution in [1.29, 1.82) is 0 Å². The van der Waals surface area contributed by atoms with E-state index in [1.165, 1.54) is 18.2 Å². The third-order valence-electron chi connectivity index (χ3n) is 5.32. The fourth-order valence-electron chi connectivity index (χ4n) is 4.26. The first-order valence-electron chi connectivity index (χ1n) is 7.52. The largest absolute Gasteiger partial charge is 0.327 e. The first-order chi connectivity index (χ1) is 9.74. The zero-order valence-corrected chi connectivity index (χ0v) is 11.5. The summed E-state index contributed by atoms with van der Waals surface area (Å²) in [5, 5.41) is 2.32. The molecule has 0 saturated heterocycles. The average Bonchev–Trinajstić information content (AvgIpc) is 3.07. The zero-order valence-electron chi connectivity index (χ0n) is 11.5. The van der Waals surface area contributed by atoms with Crippen LogP contribution in [0.15, 0.2) is 42.5 Å². The molecule has 4 unspecified atom stereocenters. The van der Waals surface area contributed by atoms with E-state index >= 15 is 0 Å². The van der Waals surface area contributed by atoms with Crippen LogP contribution in [0.5, 0.6) is 0 Å². The third kappa shape index (κ3) is 1.71. The molecule has 2 fully saturated rings. The number of fused-ring (bicyclic) bond motifs is 3. The van der Waals surface area contributed by atoms with Crippen LogP contribution in [-0.2, 0) is 0 Å². The second-order valence-corrected chi connectivity index (χ2v) is 6.36. The average molecular weight is 265 g/mol. The Labute approximate surface area is 119 Å². The number of Topliss-reactive ketones (excluding diaryl/α,β-unsaturated/α-hetero) is 1. The molecule has 20 heavy (non-hydrogen) atoms. The number of rotatable bonds is 2. The van der Waals surface area contributed by atoms with E-state index in [1.807, 2.05) is 30.3 Å². The van der Waals surface area contributed by atoms with Gasteiger partial charge in [-0.05, 0) is 47.9 Å². The Hall–Kier alpha value is -1.67. The van der Waals surface area contributed by atoms with Gasteiger partial charge in [0, 0.05) is 17.5 Å². The summed E-state index contributed by atoms with van der Waals surface area (Å²) in [6.45, 7) is 0. The van der Waals surface area contributed by atoms with E-state index in [0.717, 1.165) is 17.4 Å². The highest BCUT2D eigenvalue weighted by Crippen LogP contribution is 2.48. The minimum Gasteiger partial charge on any atom is -0.327 e. The van der Waals surface area contributed by atoms with Gasteiger partial charge in [-0.15, -0.1) is 0 Å². The van der Waals surface area contributed by atoms with E-state index in [9.17, 15) is 4.79 Å². The molecule has 2 aliphatic carbocycles. The van der Waals surface area contributed by atoms with Crippen molar-refractivity contribution in [2.75, 3.05) is 0 Å². The number of hydrogen-bond acceptors (Lipinski definition) is 2. The number of hydrogen-bond donors (Lipinski definition) is 1. The van der Waals surface area contributed by atoms with Crippen molar-refractivity contribution in [3.63, 3.8) is 0 Å². The van der Waals surface area contributed by atoms with Gasteiger partial charge in [-0.3, -0.25) is 4.79 Å². The van der Waals surface area contributed by atoms with Crippen LogP contribution in [0.1, 0.15) is 29.6 Å². The van der Waals surface area contributed by atoms with Gasteiger partial charge in [0.2, 0.25) is 0 Å². The van der Waals surface area contributed by atoms with Crippen LogP contribution in [-0.4, -0.2) is 11.8 Å². The first kappa shape index (κ1) is 12.1. The lowest BCUT2D eigenvalue weighted by Gasteiger charge is -2.27. The van der Waals surface area contributed by atoms with Crippen molar-refractivity contribution in [3.8, 4) is 0 Å². The molecule has 2 nitrogen and oxygen atoms in total. The Balaban J connectivity index is 1.70. The zero-order chi connectivity index (χ0) is 13.7. The fraction of sp³-hybridized carbons (Fsp3) is 0.389. The van der Waals surface area contributed by atoms with Crippen molar-refractivity contribution in [1.82, 2.24) is 0 Å². The fourth-order valence-corrected chi connectivity index (χ4v) is 4.26. The molecule has 0 heterocycles. The van der Waals surface area contributed by atoms with Gasteiger partial charge in [0.1, 0.15) is 0 Å². The van der Waals surface area contributed by atoms with E-state index in [-0.39, 0.29) is 17.7 Å². The SMILES string of the molecule is NC1C2CCC(C2)C1C(=O)c1ccc2ccccc2c1. The minimum atomic E-state index is 0.0508. The second-order valence-electron chi connectivity index (χ2n) is 6.36. The van der Waals surface area contributed by atoms with E-state index in [0.29, 0.717) is 11.8 Å². The van der Waals surface area contributed by atoms with Crippen LogP contribution in [0.25, 0.3) is 10.8 Å². The quantitative estimate of drug-likeness (QED) is 0.846. The molecule has 2 heteroatoms. The number of benzene rings is 2. The molecule has 102 valence electrons. The number of carbonyl (C=O) groups is 1. The van der Waals surface area contributed by atoms with Crippen LogP contribution in [0.4, 0.5) is 0 Å². The van der Waals surface area contributed by atoms with Crippen LogP contribution in [0.2, 0.25) is 0 Å². The van der Waals surface area contributed by atoms with Crippen LogP contribution < -0.4 is 5.73 Å². The van der Waals surface area contributed by atoms with Gasteiger partial charge in [0.05, 0.1) is 0 Å². The lowest BCUT2D eigenvalue weighted by Crippen LogP contribution is -2.40.